The van der Waals surface area contributed by atoms with Crippen molar-refractivity contribution in [3.05, 3.63) is 53.5 Å². The number of nitrogens with one attached hydrogen (secondary N) is 1. The molecule has 1 amide bonds. The largest absolute Gasteiger partial charge is 0.496 e. The SMILES string of the molecule is COc1ccccc1C(CNC(=O)c1coc(CN)c1)N1CCCCC1. The molecule has 140 valence electrons. The molecule has 0 radical (unpaired) electrons. The topological polar surface area (TPSA) is 80.7 Å². The molecule has 1 fully saturated rings. The highest BCUT2D eigenvalue weighted by Gasteiger charge is 2.25. The van der Waals surface area contributed by atoms with Crippen molar-refractivity contribution in [2.45, 2.75) is 31.8 Å². The first kappa shape index (κ1) is 18.5. The van der Waals surface area contributed by atoms with Gasteiger partial charge in [0.15, 0.2) is 0 Å². The van der Waals surface area contributed by atoms with E-state index in [1.54, 1.807) is 13.2 Å². The molecule has 0 saturated carbocycles. The van der Waals surface area contributed by atoms with Gasteiger partial charge in [-0.25, -0.2) is 0 Å². The quantitative estimate of drug-likeness (QED) is 0.796. The highest BCUT2D eigenvalue weighted by atomic mass is 16.5. The zero-order valence-corrected chi connectivity index (χ0v) is 15.2. The Morgan fingerprint density at radius 3 is 2.77 bits per heavy atom. The molecule has 26 heavy (non-hydrogen) atoms. The number of benzene rings is 1. The minimum Gasteiger partial charge on any atom is -0.496 e. The molecule has 6 nitrogen and oxygen atoms in total. The highest BCUT2D eigenvalue weighted by Crippen LogP contribution is 2.31. The zero-order chi connectivity index (χ0) is 18.4. The van der Waals surface area contributed by atoms with Gasteiger partial charge in [0.25, 0.3) is 5.91 Å². The number of amides is 1. The van der Waals surface area contributed by atoms with Crippen LogP contribution in [0.15, 0.2) is 41.0 Å². The molecule has 1 saturated heterocycles. The summed E-state index contributed by atoms with van der Waals surface area (Å²) in [6, 6.07) is 9.80. The minimum atomic E-state index is -0.148. The monoisotopic (exact) mass is 357 g/mol. The lowest BCUT2D eigenvalue weighted by atomic mass is 10.0. The Balaban J connectivity index is 1.76. The number of nitrogens with two attached hydrogens (primary N) is 1. The number of methoxy groups -OCH3 is 1. The highest BCUT2D eigenvalue weighted by molar-refractivity contribution is 5.94. The predicted octanol–water partition coefficient (Wildman–Crippen LogP) is 2.70. The van der Waals surface area contributed by atoms with Crippen LogP contribution in [-0.4, -0.2) is 37.6 Å². The maximum atomic E-state index is 12.5. The van der Waals surface area contributed by atoms with Gasteiger partial charge in [0, 0.05) is 12.1 Å². The van der Waals surface area contributed by atoms with Crippen molar-refractivity contribution >= 4 is 5.91 Å². The maximum absolute atomic E-state index is 12.5. The molecule has 1 aliphatic rings. The second-order valence-corrected chi connectivity index (χ2v) is 6.57. The molecule has 3 N–H and O–H groups in total. The summed E-state index contributed by atoms with van der Waals surface area (Å²) in [7, 11) is 1.69. The summed E-state index contributed by atoms with van der Waals surface area (Å²) in [5.74, 6) is 1.31. The van der Waals surface area contributed by atoms with Crippen molar-refractivity contribution in [3.63, 3.8) is 0 Å². The van der Waals surface area contributed by atoms with Crippen LogP contribution in [0.5, 0.6) is 5.75 Å². The third-order valence-electron chi connectivity index (χ3n) is 4.90. The Kier molecular flexibility index (Phi) is 6.30. The normalized spacial score (nSPS) is 16.2. The molecular formula is C20H27N3O3. The summed E-state index contributed by atoms with van der Waals surface area (Å²) >= 11 is 0. The van der Waals surface area contributed by atoms with Crippen molar-refractivity contribution in [1.82, 2.24) is 10.2 Å². The summed E-state index contributed by atoms with van der Waals surface area (Å²) in [6.45, 7) is 2.86. The summed E-state index contributed by atoms with van der Waals surface area (Å²) < 4.78 is 10.8. The number of hydrogen-bond acceptors (Lipinski definition) is 5. The molecule has 1 aliphatic heterocycles. The Bertz CT molecular complexity index is 723. The molecule has 1 unspecified atom stereocenters. The smallest absolute Gasteiger partial charge is 0.254 e. The molecule has 0 spiro atoms. The Morgan fingerprint density at radius 1 is 1.31 bits per heavy atom. The molecule has 1 aromatic carbocycles. The van der Waals surface area contributed by atoms with Gasteiger partial charge in [-0.1, -0.05) is 24.6 Å². The molecular weight excluding hydrogens is 330 g/mol. The average molecular weight is 357 g/mol. The van der Waals surface area contributed by atoms with E-state index in [1.165, 1.54) is 25.5 Å². The van der Waals surface area contributed by atoms with Crippen LogP contribution >= 0.6 is 0 Å². The maximum Gasteiger partial charge on any atom is 0.254 e. The number of rotatable bonds is 7. The molecule has 1 atom stereocenters. The van der Waals surface area contributed by atoms with E-state index in [1.807, 2.05) is 18.2 Å². The van der Waals surface area contributed by atoms with Crippen LogP contribution in [0.25, 0.3) is 0 Å². The van der Waals surface area contributed by atoms with Gasteiger partial charge >= 0.3 is 0 Å². The van der Waals surface area contributed by atoms with Crippen molar-refractivity contribution in [2.75, 3.05) is 26.7 Å². The Hall–Kier alpha value is -2.31. The molecule has 0 aliphatic carbocycles. The number of ether oxygens (including phenoxy) is 1. The zero-order valence-electron chi connectivity index (χ0n) is 15.2. The van der Waals surface area contributed by atoms with Gasteiger partial charge in [-0.15, -0.1) is 0 Å². The number of nitrogens with zero attached hydrogens (tertiary/aromatic N) is 1. The van der Waals surface area contributed by atoms with Gasteiger partial charge in [0.1, 0.15) is 17.8 Å². The molecule has 3 rings (SSSR count). The van der Waals surface area contributed by atoms with Crippen molar-refractivity contribution in [2.24, 2.45) is 5.73 Å². The van der Waals surface area contributed by atoms with E-state index in [2.05, 4.69) is 16.3 Å². The van der Waals surface area contributed by atoms with Gasteiger partial charge in [0.2, 0.25) is 0 Å². The molecule has 0 bridgehead atoms. The molecule has 2 heterocycles. The third kappa shape index (κ3) is 4.26. The fraction of sp³-hybridized carbons (Fsp3) is 0.450. The molecule has 1 aromatic heterocycles. The Labute approximate surface area is 154 Å². The lowest BCUT2D eigenvalue weighted by Crippen LogP contribution is -2.40. The van der Waals surface area contributed by atoms with Gasteiger partial charge < -0.3 is 20.2 Å². The Morgan fingerprint density at radius 2 is 2.08 bits per heavy atom. The van der Waals surface area contributed by atoms with Crippen LogP contribution in [0, 0.1) is 0 Å². The van der Waals surface area contributed by atoms with Gasteiger partial charge in [-0.05, 0) is 38.1 Å². The van der Waals surface area contributed by atoms with E-state index in [-0.39, 0.29) is 18.5 Å². The number of likely N-dealkylation sites (tertiary alicyclic amines) is 1. The first-order valence-corrected chi connectivity index (χ1v) is 9.15. The van der Waals surface area contributed by atoms with E-state index in [0.717, 1.165) is 24.4 Å². The number of para-hydroxylation sites is 1. The number of furan rings is 1. The number of piperidine rings is 1. The second-order valence-electron chi connectivity index (χ2n) is 6.57. The summed E-state index contributed by atoms with van der Waals surface area (Å²) in [5, 5.41) is 3.05. The third-order valence-corrected chi connectivity index (χ3v) is 4.90. The number of carbonyl (C=O) groups excluding carboxylic acids is 1. The van der Waals surface area contributed by atoms with Gasteiger partial charge in [-0.3, -0.25) is 9.69 Å². The standard InChI is InChI=1S/C20H27N3O3/c1-25-19-8-4-3-7-17(19)18(23-9-5-2-6-10-23)13-22-20(24)15-11-16(12-21)26-14-15/h3-4,7-8,11,14,18H,2,5-6,9-10,12-13,21H2,1H3,(H,22,24). The van der Waals surface area contributed by atoms with E-state index in [9.17, 15) is 4.79 Å². The number of carbonyl (C=O) groups is 1. The van der Waals surface area contributed by atoms with Crippen molar-refractivity contribution < 1.29 is 13.9 Å². The second kappa shape index (κ2) is 8.87. The van der Waals surface area contributed by atoms with Crippen LogP contribution in [-0.2, 0) is 6.54 Å². The molecule has 6 heteroatoms. The minimum absolute atomic E-state index is 0.0799. The number of hydrogen-bond donors (Lipinski definition) is 2. The fourth-order valence-electron chi connectivity index (χ4n) is 3.51. The van der Waals surface area contributed by atoms with Crippen LogP contribution in [0.4, 0.5) is 0 Å². The van der Waals surface area contributed by atoms with E-state index >= 15 is 0 Å². The van der Waals surface area contributed by atoms with E-state index in [0.29, 0.717) is 17.9 Å². The van der Waals surface area contributed by atoms with Crippen LogP contribution in [0.3, 0.4) is 0 Å². The summed E-state index contributed by atoms with van der Waals surface area (Å²) in [5.41, 5.74) is 7.15. The first-order valence-electron chi connectivity index (χ1n) is 9.15. The fourth-order valence-corrected chi connectivity index (χ4v) is 3.51. The van der Waals surface area contributed by atoms with Crippen LogP contribution in [0.1, 0.15) is 47.0 Å². The lowest BCUT2D eigenvalue weighted by Gasteiger charge is -2.35. The lowest BCUT2D eigenvalue weighted by molar-refractivity contribution is 0.0922. The van der Waals surface area contributed by atoms with Crippen LogP contribution in [0.2, 0.25) is 0 Å². The van der Waals surface area contributed by atoms with Crippen molar-refractivity contribution in [1.29, 1.82) is 0 Å². The molecule has 2 aromatic rings. The average Bonchev–Trinajstić information content (AvgIpc) is 3.18. The van der Waals surface area contributed by atoms with Crippen molar-refractivity contribution in [3.8, 4) is 5.75 Å². The van der Waals surface area contributed by atoms with E-state index in [4.69, 9.17) is 14.9 Å². The van der Waals surface area contributed by atoms with E-state index < -0.39 is 0 Å². The summed E-state index contributed by atoms with van der Waals surface area (Å²) in [6.07, 6.45) is 5.08. The van der Waals surface area contributed by atoms with Gasteiger partial charge in [-0.2, -0.15) is 0 Å². The summed E-state index contributed by atoms with van der Waals surface area (Å²) in [4.78, 5) is 14.9. The first-order chi connectivity index (χ1) is 12.7. The predicted molar refractivity (Wildman–Crippen MR) is 100 cm³/mol. The van der Waals surface area contributed by atoms with Crippen LogP contribution < -0.4 is 15.8 Å². The van der Waals surface area contributed by atoms with Gasteiger partial charge in [0.05, 0.1) is 25.3 Å².